The average molecular weight is 484 g/mol. The highest BCUT2D eigenvalue weighted by Gasteiger charge is 1.94. The van der Waals surface area contributed by atoms with E-state index in [1.165, 1.54) is 129 Å². The van der Waals surface area contributed by atoms with Gasteiger partial charge in [0.25, 0.3) is 0 Å². The number of unbranched alkanes of at least 4 members (excludes halogenated alkanes) is 17. The standard InChI is InChI=1S/C23H49NO.HI/c1-2-3-4-5-6-7-8-9-12-15-18-21-24-22-19-16-13-10-11-14-17-20-23-25;/h24-25H,2-23H2,1H3;1H. The topological polar surface area (TPSA) is 32.3 Å². The van der Waals surface area contributed by atoms with Crippen LogP contribution in [0.3, 0.4) is 0 Å². The van der Waals surface area contributed by atoms with E-state index in [1.807, 2.05) is 0 Å². The molecule has 0 rings (SSSR count). The van der Waals surface area contributed by atoms with Crippen molar-refractivity contribution in [2.24, 2.45) is 0 Å². The van der Waals surface area contributed by atoms with Gasteiger partial charge in [-0.1, -0.05) is 110 Å². The molecule has 0 saturated carbocycles. The van der Waals surface area contributed by atoms with Crippen molar-refractivity contribution in [3.8, 4) is 0 Å². The van der Waals surface area contributed by atoms with Gasteiger partial charge >= 0.3 is 0 Å². The van der Waals surface area contributed by atoms with Crippen LogP contribution in [0.15, 0.2) is 0 Å². The zero-order valence-corrected chi connectivity index (χ0v) is 20.2. The first-order valence-corrected chi connectivity index (χ1v) is 11.7. The van der Waals surface area contributed by atoms with Crippen molar-refractivity contribution in [2.45, 2.75) is 129 Å². The number of hydrogen-bond acceptors (Lipinski definition) is 2. The van der Waals surface area contributed by atoms with E-state index in [9.17, 15) is 0 Å². The van der Waals surface area contributed by atoms with Crippen molar-refractivity contribution in [2.75, 3.05) is 19.7 Å². The van der Waals surface area contributed by atoms with Crippen molar-refractivity contribution < 1.29 is 5.11 Å². The van der Waals surface area contributed by atoms with E-state index in [2.05, 4.69) is 12.2 Å². The highest BCUT2D eigenvalue weighted by molar-refractivity contribution is 14.0. The Morgan fingerprint density at radius 1 is 0.462 bits per heavy atom. The molecular formula is C23H50INO. The monoisotopic (exact) mass is 483 g/mol. The van der Waals surface area contributed by atoms with Crippen molar-refractivity contribution in [3.63, 3.8) is 0 Å². The molecule has 0 aromatic rings. The Balaban J connectivity index is 0. The lowest BCUT2D eigenvalue weighted by Crippen LogP contribution is -2.16. The van der Waals surface area contributed by atoms with E-state index in [0.29, 0.717) is 6.61 Å². The van der Waals surface area contributed by atoms with Crippen LogP contribution in [0.25, 0.3) is 0 Å². The summed E-state index contributed by atoms with van der Waals surface area (Å²) < 4.78 is 0. The van der Waals surface area contributed by atoms with Gasteiger partial charge in [0.1, 0.15) is 0 Å². The Morgan fingerprint density at radius 3 is 1.12 bits per heavy atom. The fourth-order valence-electron chi connectivity index (χ4n) is 3.46. The van der Waals surface area contributed by atoms with Gasteiger partial charge in [-0.25, -0.2) is 0 Å². The highest BCUT2D eigenvalue weighted by atomic mass is 127. The third kappa shape index (κ3) is 26.9. The molecule has 0 radical (unpaired) electrons. The number of halogens is 1. The minimum absolute atomic E-state index is 0. The maximum absolute atomic E-state index is 8.72. The molecule has 0 aliphatic rings. The zero-order chi connectivity index (χ0) is 18.3. The summed E-state index contributed by atoms with van der Waals surface area (Å²) in [6.07, 6.45) is 26.1. The minimum atomic E-state index is 0. The molecule has 160 valence electrons. The first-order chi connectivity index (χ1) is 12.4. The molecule has 2 nitrogen and oxygen atoms in total. The second kappa shape index (κ2) is 27.9. The highest BCUT2D eigenvalue weighted by Crippen LogP contribution is 2.11. The zero-order valence-electron chi connectivity index (χ0n) is 17.9. The third-order valence-corrected chi connectivity index (χ3v) is 5.22. The number of hydrogen-bond donors (Lipinski definition) is 2. The summed E-state index contributed by atoms with van der Waals surface area (Å²) in [5.41, 5.74) is 0. The number of aliphatic hydroxyl groups excluding tert-OH is 1. The van der Waals surface area contributed by atoms with Crippen LogP contribution >= 0.6 is 24.0 Å². The van der Waals surface area contributed by atoms with Gasteiger partial charge in [-0.15, -0.1) is 24.0 Å². The Hall–Kier alpha value is 0.650. The third-order valence-electron chi connectivity index (χ3n) is 5.22. The van der Waals surface area contributed by atoms with Crippen LogP contribution in [0.5, 0.6) is 0 Å². The average Bonchev–Trinajstić information content (AvgIpc) is 2.63. The second-order valence-electron chi connectivity index (χ2n) is 7.84. The summed E-state index contributed by atoms with van der Waals surface area (Å²) >= 11 is 0. The molecule has 0 bridgehead atoms. The lowest BCUT2D eigenvalue weighted by molar-refractivity contribution is 0.282. The maximum Gasteiger partial charge on any atom is 0.0431 e. The molecule has 0 saturated heterocycles. The van der Waals surface area contributed by atoms with Crippen LogP contribution in [0, 0.1) is 0 Å². The summed E-state index contributed by atoms with van der Waals surface area (Å²) in [4.78, 5) is 0. The second-order valence-corrected chi connectivity index (χ2v) is 7.84. The summed E-state index contributed by atoms with van der Waals surface area (Å²) in [5, 5.41) is 12.3. The van der Waals surface area contributed by atoms with E-state index in [0.717, 1.165) is 6.42 Å². The summed E-state index contributed by atoms with van der Waals surface area (Å²) in [6.45, 7) is 5.09. The quantitative estimate of drug-likeness (QED) is 0.123. The molecule has 0 aromatic heterocycles. The van der Waals surface area contributed by atoms with Crippen molar-refractivity contribution in [1.82, 2.24) is 5.32 Å². The van der Waals surface area contributed by atoms with Crippen molar-refractivity contribution >= 4 is 24.0 Å². The summed E-state index contributed by atoms with van der Waals surface area (Å²) in [7, 11) is 0. The van der Waals surface area contributed by atoms with Crippen LogP contribution in [-0.4, -0.2) is 24.8 Å². The molecular weight excluding hydrogens is 433 g/mol. The van der Waals surface area contributed by atoms with Gasteiger partial charge < -0.3 is 10.4 Å². The lowest BCUT2D eigenvalue weighted by atomic mass is 10.1. The van der Waals surface area contributed by atoms with Crippen molar-refractivity contribution in [3.05, 3.63) is 0 Å². The molecule has 2 N–H and O–H groups in total. The molecule has 0 aliphatic heterocycles. The van der Waals surface area contributed by atoms with Gasteiger partial charge in [0.05, 0.1) is 0 Å². The van der Waals surface area contributed by atoms with Gasteiger partial charge in [-0.05, 0) is 32.4 Å². The predicted molar refractivity (Wildman–Crippen MR) is 129 cm³/mol. The Bertz CT molecular complexity index is 204. The van der Waals surface area contributed by atoms with Crippen LogP contribution < -0.4 is 5.32 Å². The molecule has 0 spiro atoms. The lowest BCUT2D eigenvalue weighted by Gasteiger charge is -2.05. The summed E-state index contributed by atoms with van der Waals surface area (Å²) in [6, 6.07) is 0. The molecule has 0 aromatic carbocycles. The van der Waals surface area contributed by atoms with E-state index < -0.39 is 0 Å². The van der Waals surface area contributed by atoms with Gasteiger partial charge in [0.15, 0.2) is 0 Å². The molecule has 0 unspecified atom stereocenters. The van der Waals surface area contributed by atoms with E-state index in [4.69, 9.17) is 5.11 Å². The molecule has 3 heteroatoms. The van der Waals surface area contributed by atoms with Gasteiger partial charge in [-0.2, -0.15) is 0 Å². The van der Waals surface area contributed by atoms with Crippen LogP contribution in [0.2, 0.25) is 0 Å². The van der Waals surface area contributed by atoms with Gasteiger partial charge in [0.2, 0.25) is 0 Å². The Labute approximate surface area is 182 Å². The normalized spacial score (nSPS) is 10.8. The fraction of sp³-hybridized carbons (Fsp3) is 1.00. The number of aliphatic hydroxyl groups is 1. The minimum Gasteiger partial charge on any atom is -0.396 e. The molecule has 0 heterocycles. The van der Waals surface area contributed by atoms with E-state index >= 15 is 0 Å². The van der Waals surface area contributed by atoms with Crippen LogP contribution in [0.1, 0.15) is 129 Å². The summed E-state index contributed by atoms with van der Waals surface area (Å²) in [5.74, 6) is 0. The maximum atomic E-state index is 8.72. The Kier molecular flexibility index (Phi) is 30.9. The van der Waals surface area contributed by atoms with Gasteiger partial charge in [0, 0.05) is 6.61 Å². The smallest absolute Gasteiger partial charge is 0.0431 e. The van der Waals surface area contributed by atoms with Crippen LogP contribution in [0.4, 0.5) is 0 Å². The first kappa shape index (κ1) is 28.9. The first-order valence-electron chi connectivity index (χ1n) is 11.7. The molecule has 0 aliphatic carbocycles. The van der Waals surface area contributed by atoms with Gasteiger partial charge in [-0.3, -0.25) is 0 Å². The van der Waals surface area contributed by atoms with Crippen molar-refractivity contribution in [1.29, 1.82) is 0 Å². The molecule has 26 heavy (non-hydrogen) atoms. The number of rotatable bonds is 22. The van der Waals surface area contributed by atoms with E-state index in [1.54, 1.807) is 0 Å². The fourth-order valence-corrected chi connectivity index (χ4v) is 3.46. The number of nitrogens with one attached hydrogen (secondary N) is 1. The molecule has 0 fully saturated rings. The Morgan fingerprint density at radius 2 is 0.769 bits per heavy atom. The van der Waals surface area contributed by atoms with Crippen LogP contribution in [-0.2, 0) is 0 Å². The SMILES string of the molecule is CCCCCCCCCCCCCNCCCCCCCCCCO.I. The van der Waals surface area contributed by atoms with E-state index in [-0.39, 0.29) is 24.0 Å². The molecule has 0 amide bonds. The predicted octanol–water partition coefficient (Wildman–Crippen LogP) is 7.62. The molecule has 0 atom stereocenters. The largest absolute Gasteiger partial charge is 0.396 e.